The lowest BCUT2D eigenvalue weighted by molar-refractivity contribution is 0.376. The fraction of sp³-hybridized carbons (Fsp3) is 0.455. The quantitative estimate of drug-likeness (QED) is 0.894. The van der Waals surface area contributed by atoms with Crippen LogP contribution in [0.25, 0.3) is 0 Å². The molecule has 1 atom stereocenters. The molecule has 1 aliphatic rings. The lowest BCUT2D eigenvalue weighted by atomic mass is 10.0. The molecule has 0 amide bonds. The van der Waals surface area contributed by atoms with E-state index >= 15 is 0 Å². The van der Waals surface area contributed by atoms with Gasteiger partial charge in [-0.05, 0) is 30.9 Å². The Hall–Kier alpha value is -0.870. The van der Waals surface area contributed by atoms with Crippen molar-refractivity contribution in [2.75, 3.05) is 7.11 Å². The van der Waals surface area contributed by atoms with Crippen LogP contribution in [-0.4, -0.2) is 7.11 Å². The molecular weight excluding hydrogens is 236 g/mol. The summed E-state index contributed by atoms with van der Waals surface area (Å²) in [5.41, 5.74) is 5.75. The first kappa shape index (κ1) is 13.2. The van der Waals surface area contributed by atoms with E-state index in [1.807, 2.05) is 0 Å². The van der Waals surface area contributed by atoms with E-state index in [9.17, 15) is 8.78 Å². The summed E-state index contributed by atoms with van der Waals surface area (Å²) in [6, 6.07) is 1.91. The zero-order valence-corrected chi connectivity index (χ0v) is 9.69. The SMILES string of the molecule is COc1ccc(F)c([C@@H](N)C2CC2)c1F.Cl. The molecule has 0 radical (unpaired) electrons. The van der Waals surface area contributed by atoms with Gasteiger partial charge in [-0.25, -0.2) is 8.78 Å². The molecule has 1 fully saturated rings. The van der Waals surface area contributed by atoms with Gasteiger partial charge in [-0.2, -0.15) is 0 Å². The monoisotopic (exact) mass is 249 g/mol. The molecule has 0 aromatic heterocycles. The van der Waals surface area contributed by atoms with Crippen LogP contribution < -0.4 is 10.5 Å². The van der Waals surface area contributed by atoms with Crippen LogP contribution in [0.1, 0.15) is 24.4 Å². The molecule has 90 valence electrons. The highest BCUT2D eigenvalue weighted by molar-refractivity contribution is 5.85. The minimum atomic E-state index is -0.670. The van der Waals surface area contributed by atoms with Crippen LogP contribution in [0.5, 0.6) is 5.75 Å². The van der Waals surface area contributed by atoms with E-state index in [-0.39, 0.29) is 29.6 Å². The molecule has 16 heavy (non-hydrogen) atoms. The van der Waals surface area contributed by atoms with Crippen molar-refractivity contribution >= 4 is 12.4 Å². The molecule has 2 N–H and O–H groups in total. The Bertz CT molecular complexity index is 382. The summed E-state index contributed by atoms with van der Waals surface area (Å²) in [6.45, 7) is 0. The number of ether oxygens (including phenoxy) is 1. The topological polar surface area (TPSA) is 35.2 Å². The number of hydrogen-bond acceptors (Lipinski definition) is 2. The second-order valence-electron chi connectivity index (χ2n) is 3.84. The molecule has 0 spiro atoms. The average Bonchev–Trinajstić information content (AvgIpc) is 3.01. The van der Waals surface area contributed by atoms with Gasteiger partial charge in [0.15, 0.2) is 11.6 Å². The zero-order chi connectivity index (χ0) is 11.0. The van der Waals surface area contributed by atoms with Crippen LogP contribution in [0.2, 0.25) is 0 Å². The van der Waals surface area contributed by atoms with E-state index in [1.165, 1.54) is 19.2 Å². The van der Waals surface area contributed by atoms with Gasteiger partial charge >= 0.3 is 0 Å². The standard InChI is InChI=1S/C11H13F2NO.ClH/c1-15-8-5-4-7(12)9(10(8)13)11(14)6-2-3-6;/h4-6,11H,2-3,14H2,1H3;1H/t11-;/m0./s1. The number of hydrogen-bond donors (Lipinski definition) is 1. The van der Waals surface area contributed by atoms with E-state index in [0.717, 1.165) is 12.8 Å². The third-order valence-electron chi connectivity index (χ3n) is 2.77. The van der Waals surface area contributed by atoms with Crippen LogP contribution in [0.4, 0.5) is 8.78 Å². The van der Waals surface area contributed by atoms with Crippen molar-refractivity contribution in [3.63, 3.8) is 0 Å². The van der Waals surface area contributed by atoms with Crippen LogP contribution in [0.15, 0.2) is 12.1 Å². The summed E-state index contributed by atoms with van der Waals surface area (Å²) >= 11 is 0. The number of rotatable bonds is 3. The van der Waals surface area contributed by atoms with Gasteiger partial charge in [-0.1, -0.05) is 0 Å². The lowest BCUT2D eigenvalue weighted by Gasteiger charge is -2.14. The number of methoxy groups -OCH3 is 1. The van der Waals surface area contributed by atoms with E-state index in [2.05, 4.69) is 0 Å². The van der Waals surface area contributed by atoms with Crippen molar-refractivity contribution < 1.29 is 13.5 Å². The zero-order valence-electron chi connectivity index (χ0n) is 8.87. The third kappa shape index (κ3) is 2.28. The van der Waals surface area contributed by atoms with Crippen molar-refractivity contribution in [1.29, 1.82) is 0 Å². The molecule has 0 heterocycles. The molecular formula is C11H14ClF2NO. The van der Waals surface area contributed by atoms with Gasteiger partial charge in [0, 0.05) is 11.6 Å². The summed E-state index contributed by atoms with van der Waals surface area (Å²) in [5, 5.41) is 0. The first-order valence-corrected chi connectivity index (χ1v) is 4.92. The van der Waals surface area contributed by atoms with Gasteiger partial charge in [0.2, 0.25) is 0 Å². The number of halogens is 3. The fourth-order valence-electron chi connectivity index (χ4n) is 1.70. The summed E-state index contributed by atoms with van der Waals surface area (Å²) in [6.07, 6.45) is 1.88. The Kier molecular flexibility index (Phi) is 4.10. The van der Waals surface area contributed by atoms with Gasteiger partial charge in [0.05, 0.1) is 7.11 Å². The molecule has 2 rings (SSSR count). The smallest absolute Gasteiger partial charge is 0.172 e. The molecule has 0 aliphatic heterocycles. The summed E-state index contributed by atoms with van der Waals surface area (Å²) in [4.78, 5) is 0. The van der Waals surface area contributed by atoms with Crippen LogP contribution in [-0.2, 0) is 0 Å². The second kappa shape index (κ2) is 4.97. The van der Waals surface area contributed by atoms with Crippen molar-refractivity contribution in [3.05, 3.63) is 29.3 Å². The molecule has 0 bridgehead atoms. The number of nitrogens with two attached hydrogens (primary N) is 1. The Labute approximate surface area is 99.2 Å². The predicted octanol–water partition coefficient (Wildman–Crippen LogP) is 2.81. The summed E-state index contributed by atoms with van der Waals surface area (Å²) in [5.74, 6) is -1.01. The molecule has 0 saturated heterocycles. The highest BCUT2D eigenvalue weighted by atomic mass is 35.5. The fourth-order valence-corrected chi connectivity index (χ4v) is 1.70. The second-order valence-corrected chi connectivity index (χ2v) is 3.84. The van der Waals surface area contributed by atoms with Crippen LogP contribution >= 0.6 is 12.4 Å². The van der Waals surface area contributed by atoms with Crippen LogP contribution in [0.3, 0.4) is 0 Å². The highest BCUT2D eigenvalue weighted by Crippen LogP contribution is 2.42. The van der Waals surface area contributed by atoms with Gasteiger partial charge in [0.1, 0.15) is 5.82 Å². The average molecular weight is 250 g/mol. The van der Waals surface area contributed by atoms with Gasteiger partial charge < -0.3 is 10.5 Å². The van der Waals surface area contributed by atoms with Crippen molar-refractivity contribution in [2.24, 2.45) is 11.7 Å². The maximum atomic E-state index is 13.7. The van der Waals surface area contributed by atoms with Gasteiger partial charge in [0.25, 0.3) is 0 Å². The van der Waals surface area contributed by atoms with E-state index in [1.54, 1.807) is 0 Å². The van der Waals surface area contributed by atoms with E-state index < -0.39 is 17.7 Å². The van der Waals surface area contributed by atoms with Gasteiger partial charge in [-0.3, -0.25) is 0 Å². The van der Waals surface area contributed by atoms with E-state index in [4.69, 9.17) is 10.5 Å². The molecule has 2 nitrogen and oxygen atoms in total. The Morgan fingerprint density at radius 2 is 2.00 bits per heavy atom. The summed E-state index contributed by atoms with van der Waals surface area (Å²) in [7, 11) is 1.35. The maximum Gasteiger partial charge on any atom is 0.172 e. The lowest BCUT2D eigenvalue weighted by Crippen LogP contribution is -2.16. The third-order valence-corrected chi connectivity index (χ3v) is 2.77. The largest absolute Gasteiger partial charge is 0.494 e. The summed E-state index contributed by atoms with van der Waals surface area (Å²) < 4.78 is 32.0. The first-order chi connectivity index (χ1) is 7.15. The normalized spacial score (nSPS) is 16.5. The van der Waals surface area contributed by atoms with E-state index in [0.29, 0.717) is 0 Å². The Morgan fingerprint density at radius 3 is 2.50 bits per heavy atom. The Balaban J connectivity index is 0.00000128. The van der Waals surface area contributed by atoms with Crippen molar-refractivity contribution in [3.8, 4) is 5.75 Å². The predicted molar refractivity (Wildman–Crippen MR) is 59.8 cm³/mol. The molecule has 5 heteroatoms. The van der Waals surface area contributed by atoms with Crippen molar-refractivity contribution in [2.45, 2.75) is 18.9 Å². The minimum Gasteiger partial charge on any atom is -0.494 e. The van der Waals surface area contributed by atoms with Crippen molar-refractivity contribution in [1.82, 2.24) is 0 Å². The molecule has 0 unspecified atom stereocenters. The molecule has 1 aliphatic carbocycles. The number of benzene rings is 1. The van der Waals surface area contributed by atoms with Crippen LogP contribution in [0, 0.1) is 17.6 Å². The molecule has 1 saturated carbocycles. The Morgan fingerprint density at radius 1 is 1.38 bits per heavy atom. The first-order valence-electron chi connectivity index (χ1n) is 4.92. The minimum absolute atomic E-state index is 0. The molecule has 1 aromatic rings. The molecule has 1 aromatic carbocycles. The highest BCUT2D eigenvalue weighted by Gasteiger charge is 2.33. The maximum absolute atomic E-state index is 13.7. The van der Waals surface area contributed by atoms with Gasteiger partial charge in [-0.15, -0.1) is 12.4 Å².